The lowest BCUT2D eigenvalue weighted by atomic mass is 10.2. The lowest BCUT2D eigenvalue weighted by molar-refractivity contribution is 0.553. The van der Waals surface area contributed by atoms with Gasteiger partial charge in [0, 0.05) is 24.0 Å². The van der Waals surface area contributed by atoms with Crippen molar-refractivity contribution in [2.75, 3.05) is 18.0 Å². The summed E-state index contributed by atoms with van der Waals surface area (Å²) in [5.74, 6) is 1.40. The summed E-state index contributed by atoms with van der Waals surface area (Å²) in [7, 11) is 0. The molecular weight excluding hydrogens is 278 g/mol. The predicted molar refractivity (Wildman–Crippen MR) is 93.2 cm³/mol. The van der Waals surface area contributed by atoms with Gasteiger partial charge in [0.05, 0.1) is 5.69 Å². The molecule has 0 spiro atoms. The minimum atomic E-state index is 0.696. The van der Waals surface area contributed by atoms with Gasteiger partial charge in [0.2, 0.25) is 0 Å². The smallest absolute Gasteiger partial charge is 0.186 e. The van der Waals surface area contributed by atoms with Gasteiger partial charge in [-0.3, -0.25) is 0 Å². The number of anilines is 1. The third kappa shape index (κ3) is 4.96. The minimum absolute atomic E-state index is 0.696. The second-order valence-electron chi connectivity index (χ2n) is 7.02. The van der Waals surface area contributed by atoms with E-state index in [0.717, 1.165) is 32.1 Å². The number of aryl methyl sites for hydroxylation is 1. The van der Waals surface area contributed by atoms with E-state index in [1.54, 1.807) is 0 Å². The molecule has 0 aliphatic heterocycles. The first-order valence-corrected chi connectivity index (χ1v) is 9.28. The second-order valence-corrected chi connectivity index (χ2v) is 8.08. The number of aromatic nitrogens is 1. The molecule has 120 valence electrons. The molecule has 21 heavy (non-hydrogen) atoms. The molecule has 4 heteroatoms. The van der Waals surface area contributed by atoms with Crippen LogP contribution in [0.15, 0.2) is 0 Å². The van der Waals surface area contributed by atoms with Crippen molar-refractivity contribution in [1.82, 2.24) is 10.3 Å². The lowest BCUT2D eigenvalue weighted by Crippen LogP contribution is -2.29. The van der Waals surface area contributed by atoms with Crippen molar-refractivity contribution < 1.29 is 0 Å². The normalized spacial score (nSPS) is 15.2. The van der Waals surface area contributed by atoms with Crippen molar-refractivity contribution in [3.8, 4) is 0 Å². The average Bonchev–Trinajstić information content (AvgIpc) is 3.16. The summed E-state index contributed by atoms with van der Waals surface area (Å²) >= 11 is 1.91. The summed E-state index contributed by atoms with van der Waals surface area (Å²) in [6.07, 6.45) is 3.72. The number of hydrogen-bond acceptors (Lipinski definition) is 4. The lowest BCUT2D eigenvalue weighted by Gasteiger charge is -2.23. The molecule has 0 aromatic carbocycles. The molecule has 0 saturated heterocycles. The molecule has 1 aromatic heterocycles. The maximum absolute atomic E-state index is 4.95. The van der Waals surface area contributed by atoms with E-state index < -0.39 is 0 Å². The largest absolute Gasteiger partial charge is 0.345 e. The highest BCUT2D eigenvalue weighted by Gasteiger charge is 2.31. The summed E-state index contributed by atoms with van der Waals surface area (Å²) in [6, 6.07) is 0.750. The Labute approximate surface area is 134 Å². The Morgan fingerprint density at radius 1 is 1.24 bits per heavy atom. The number of nitrogens with one attached hydrogen (secondary N) is 1. The van der Waals surface area contributed by atoms with Crippen molar-refractivity contribution in [3.05, 3.63) is 10.6 Å². The van der Waals surface area contributed by atoms with E-state index in [4.69, 9.17) is 4.98 Å². The molecule has 0 amide bonds. The Hall–Kier alpha value is -0.610. The van der Waals surface area contributed by atoms with Crippen LogP contribution in [0.1, 0.15) is 58.0 Å². The van der Waals surface area contributed by atoms with E-state index >= 15 is 0 Å². The predicted octanol–water partition coefficient (Wildman–Crippen LogP) is 4.08. The average molecular weight is 310 g/mol. The quantitative estimate of drug-likeness (QED) is 0.745. The fourth-order valence-corrected chi connectivity index (χ4v) is 3.74. The molecule has 1 heterocycles. The van der Waals surface area contributed by atoms with E-state index in [2.05, 4.69) is 44.8 Å². The topological polar surface area (TPSA) is 28.2 Å². The molecule has 0 unspecified atom stereocenters. The molecule has 3 nitrogen and oxygen atoms in total. The maximum atomic E-state index is 4.95. The number of nitrogens with zero attached hydrogens (tertiary/aromatic N) is 2. The van der Waals surface area contributed by atoms with E-state index in [1.165, 1.54) is 28.5 Å². The number of thiazole rings is 1. The van der Waals surface area contributed by atoms with Crippen LogP contribution in [0.5, 0.6) is 0 Å². The Balaban J connectivity index is 2.06. The molecule has 0 radical (unpaired) electrons. The fraction of sp³-hybridized carbons (Fsp3) is 0.824. The fourth-order valence-electron chi connectivity index (χ4n) is 2.54. The van der Waals surface area contributed by atoms with Gasteiger partial charge in [-0.1, -0.05) is 34.6 Å². The van der Waals surface area contributed by atoms with Gasteiger partial charge in [0.1, 0.15) is 0 Å². The van der Waals surface area contributed by atoms with E-state index in [1.807, 2.05) is 11.3 Å². The van der Waals surface area contributed by atoms with Crippen LogP contribution in [0.4, 0.5) is 5.13 Å². The highest BCUT2D eigenvalue weighted by Crippen LogP contribution is 2.36. The van der Waals surface area contributed by atoms with Gasteiger partial charge in [-0.05, 0) is 37.6 Å². The first-order chi connectivity index (χ1) is 10.0. The van der Waals surface area contributed by atoms with Crippen LogP contribution >= 0.6 is 11.3 Å². The first kappa shape index (κ1) is 16.8. The van der Waals surface area contributed by atoms with E-state index in [0.29, 0.717) is 11.8 Å². The zero-order chi connectivity index (χ0) is 15.4. The van der Waals surface area contributed by atoms with Crippen molar-refractivity contribution in [2.45, 2.75) is 66.5 Å². The molecule has 1 aromatic rings. The van der Waals surface area contributed by atoms with Crippen molar-refractivity contribution in [3.63, 3.8) is 0 Å². The van der Waals surface area contributed by atoms with Gasteiger partial charge in [-0.25, -0.2) is 4.98 Å². The molecule has 0 bridgehead atoms. The Kier molecular flexibility index (Phi) is 6.06. The van der Waals surface area contributed by atoms with Crippen LogP contribution in [0, 0.1) is 11.8 Å². The Bertz CT molecular complexity index is 435. The van der Waals surface area contributed by atoms with Crippen LogP contribution in [0.3, 0.4) is 0 Å². The molecule has 2 rings (SSSR count). The van der Waals surface area contributed by atoms with Gasteiger partial charge in [-0.2, -0.15) is 0 Å². The van der Waals surface area contributed by atoms with E-state index in [-0.39, 0.29) is 0 Å². The second kappa shape index (κ2) is 7.59. The van der Waals surface area contributed by atoms with Crippen LogP contribution in [0.2, 0.25) is 0 Å². The van der Waals surface area contributed by atoms with Crippen LogP contribution < -0.4 is 10.2 Å². The van der Waals surface area contributed by atoms with Crippen LogP contribution in [0.25, 0.3) is 0 Å². The number of rotatable bonds is 9. The standard InChI is InChI=1S/C17H31N3S/c1-6-15-16(10-18-9-12(2)3)21-17(19-15)20(11-13(4)5)14-7-8-14/h12-14,18H,6-11H2,1-5H3. The highest BCUT2D eigenvalue weighted by molar-refractivity contribution is 7.15. The third-order valence-corrected chi connectivity index (χ3v) is 4.87. The molecule has 0 atom stereocenters. The molecule has 1 aliphatic rings. The van der Waals surface area contributed by atoms with Crippen LogP contribution in [-0.2, 0) is 13.0 Å². The summed E-state index contributed by atoms with van der Waals surface area (Å²) in [5, 5.41) is 4.82. The molecule has 1 saturated carbocycles. The molecule has 1 aliphatic carbocycles. The van der Waals surface area contributed by atoms with Crippen LogP contribution in [-0.4, -0.2) is 24.1 Å². The Morgan fingerprint density at radius 2 is 1.95 bits per heavy atom. The monoisotopic (exact) mass is 309 g/mol. The van der Waals surface area contributed by atoms with Gasteiger partial charge in [0.15, 0.2) is 5.13 Å². The molecule has 1 fully saturated rings. The first-order valence-electron chi connectivity index (χ1n) is 8.47. The van der Waals surface area contributed by atoms with Crippen molar-refractivity contribution >= 4 is 16.5 Å². The zero-order valence-corrected chi connectivity index (χ0v) is 15.1. The molecular formula is C17H31N3S. The Morgan fingerprint density at radius 3 is 2.48 bits per heavy atom. The molecule has 1 N–H and O–H groups in total. The highest BCUT2D eigenvalue weighted by atomic mass is 32.1. The van der Waals surface area contributed by atoms with Gasteiger partial charge >= 0.3 is 0 Å². The van der Waals surface area contributed by atoms with E-state index in [9.17, 15) is 0 Å². The minimum Gasteiger partial charge on any atom is -0.345 e. The van der Waals surface area contributed by atoms with Gasteiger partial charge in [0.25, 0.3) is 0 Å². The van der Waals surface area contributed by atoms with Gasteiger partial charge < -0.3 is 10.2 Å². The maximum Gasteiger partial charge on any atom is 0.186 e. The summed E-state index contributed by atoms with van der Waals surface area (Å²) < 4.78 is 0. The van der Waals surface area contributed by atoms with Crippen molar-refractivity contribution in [1.29, 1.82) is 0 Å². The van der Waals surface area contributed by atoms with Gasteiger partial charge in [-0.15, -0.1) is 11.3 Å². The third-order valence-electron chi connectivity index (χ3n) is 3.74. The SMILES string of the molecule is CCc1nc(N(CC(C)C)C2CC2)sc1CNCC(C)C. The zero-order valence-electron chi connectivity index (χ0n) is 14.3. The summed E-state index contributed by atoms with van der Waals surface area (Å²) in [4.78, 5) is 8.93. The van der Waals surface area contributed by atoms with Crippen molar-refractivity contribution in [2.24, 2.45) is 11.8 Å². The summed E-state index contributed by atoms with van der Waals surface area (Å²) in [6.45, 7) is 14.5. The number of hydrogen-bond donors (Lipinski definition) is 1. The summed E-state index contributed by atoms with van der Waals surface area (Å²) in [5.41, 5.74) is 1.29.